The van der Waals surface area contributed by atoms with E-state index in [0.717, 1.165) is 23.8 Å². The van der Waals surface area contributed by atoms with Crippen molar-refractivity contribution in [2.24, 2.45) is 5.41 Å². The molecule has 3 N–H and O–H groups in total. The number of benzene rings is 2. The second-order valence-electron chi connectivity index (χ2n) is 10.7. The van der Waals surface area contributed by atoms with Crippen molar-refractivity contribution < 1.29 is 23.4 Å². The van der Waals surface area contributed by atoms with Gasteiger partial charge in [-0.25, -0.2) is 8.78 Å². The minimum absolute atomic E-state index is 0.100. The molecule has 0 radical (unpaired) electrons. The summed E-state index contributed by atoms with van der Waals surface area (Å²) in [5, 5.41) is 17.2. The summed E-state index contributed by atoms with van der Waals surface area (Å²) >= 11 is 0. The summed E-state index contributed by atoms with van der Waals surface area (Å²) < 4.78 is 33.2. The average molecular weight is 475 g/mol. The summed E-state index contributed by atoms with van der Waals surface area (Å²) in [6.45, 7) is 10.8. The molecule has 0 aromatic heterocycles. The molecular formula is C27H36F2N2O3. The summed E-state index contributed by atoms with van der Waals surface area (Å²) in [5.41, 5.74) is 2.33. The summed E-state index contributed by atoms with van der Waals surface area (Å²) in [4.78, 5) is 11.8. The van der Waals surface area contributed by atoms with Gasteiger partial charge in [-0.05, 0) is 54.5 Å². The number of carbonyl (C=O) groups excluding carboxylic acids is 1. The number of rotatable bonds is 8. The van der Waals surface area contributed by atoms with Gasteiger partial charge in [0.05, 0.1) is 18.8 Å². The van der Waals surface area contributed by atoms with Gasteiger partial charge in [-0.2, -0.15) is 0 Å². The minimum Gasteiger partial charge on any atom is -0.493 e. The molecule has 0 saturated carbocycles. The van der Waals surface area contributed by atoms with Crippen molar-refractivity contribution >= 4 is 5.91 Å². The van der Waals surface area contributed by atoms with Crippen LogP contribution in [-0.4, -0.2) is 36.3 Å². The molecule has 0 spiro atoms. The van der Waals surface area contributed by atoms with Crippen molar-refractivity contribution in [3.63, 3.8) is 0 Å². The Morgan fingerprint density at radius 2 is 1.82 bits per heavy atom. The lowest BCUT2D eigenvalue weighted by atomic mass is 9.82. The molecule has 1 heterocycles. The molecule has 0 saturated heterocycles. The van der Waals surface area contributed by atoms with Crippen molar-refractivity contribution in [1.29, 1.82) is 0 Å². The highest BCUT2D eigenvalue weighted by Crippen LogP contribution is 2.38. The minimum atomic E-state index is -0.976. The fourth-order valence-corrected chi connectivity index (χ4v) is 4.54. The SMILES string of the molecule is CC(=O)NC(Cc1cc(F)cc(F)c1)[C@H](O)CNC1(C)CCOc2ccc(CC(C)(C)C)cc21. The molecule has 34 heavy (non-hydrogen) atoms. The van der Waals surface area contributed by atoms with Crippen LogP contribution in [-0.2, 0) is 23.2 Å². The molecule has 1 amide bonds. The molecule has 2 unspecified atom stereocenters. The third-order valence-corrected chi connectivity index (χ3v) is 6.16. The normalized spacial score (nSPS) is 19.6. The van der Waals surface area contributed by atoms with Gasteiger partial charge in [0, 0.05) is 37.1 Å². The quantitative estimate of drug-likeness (QED) is 0.535. The fourth-order valence-electron chi connectivity index (χ4n) is 4.54. The molecule has 5 nitrogen and oxygen atoms in total. The van der Waals surface area contributed by atoms with Crippen LogP contribution in [0.15, 0.2) is 36.4 Å². The smallest absolute Gasteiger partial charge is 0.217 e. The monoisotopic (exact) mass is 474 g/mol. The van der Waals surface area contributed by atoms with Gasteiger partial charge < -0.3 is 20.5 Å². The van der Waals surface area contributed by atoms with E-state index in [4.69, 9.17) is 4.74 Å². The standard InChI is InChI=1S/C27H36F2N2O3/c1-17(32)31-23(13-19-10-20(28)14-21(29)11-19)24(33)16-30-27(5)8-9-34-25-7-6-18(12-22(25)27)15-26(2,3)4/h6-7,10-12,14,23-24,30,33H,8-9,13,15-16H2,1-5H3,(H,31,32)/t23?,24-,27?/m1/s1. The van der Waals surface area contributed by atoms with E-state index in [1.807, 2.05) is 6.07 Å². The lowest BCUT2D eigenvalue weighted by molar-refractivity contribution is -0.120. The molecule has 0 aliphatic carbocycles. The first-order chi connectivity index (χ1) is 15.8. The summed E-state index contributed by atoms with van der Waals surface area (Å²) in [5.74, 6) is -0.888. The second-order valence-corrected chi connectivity index (χ2v) is 10.7. The Labute approximate surface area is 200 Å². The van der Waals surface area contributed by atoms with Crippen molar-refractivity contribution in [3.8, 4) is 5.75 Å². The molecule has 3 rings (SSSR count). The number of ether oxygens (including phenoxy) is 1. The maximum atomic E-state index is 13.6. The third-order valence-electron chi connectivity index (χ3n) is 6.16. The van der Waals surface area contributed by atoms with Gasteiger partial charge in [-0.3, -0.25) is 4.79 Å². The molecular weight excluding hydrogens is 438 g/mol. The van der Waals surface area contributed by atoms with Crippen LogP contribution in [0.5, 0.6) is 5.75 Å². The van der Waals surface area contributed by atoms with E-state index in [1.54, 1.807) is 0 Å². The number of nitrogens with one attached hydrogen (secondary N) is 2. The van der Waals surface area contributed by atoms with Gasteiger partial charge in [0.2, 0.25) is 5.91 Å². The van der Waals surface area contributed by atoms with Crippen LogP contribution in [0.2, 0.25) is 0 Å². The van der Waals surface area contributed by atoms with Crippen molar-refractivity contribution in [1.82, 2.24) is 10.6 Å². The van der Waals surface area contributed by atoms with Crippen LogP contribution in [0, 0.1) is 17.0 Å². The highest BCUT2D eigenvalue weighted by atomic mass is 19.1. The Kier molecular flexibility index (Phi) is 7.98. The van der Waals surface area contributed by atoms with E-state index in [1.165, 1.54) is 24.6 Å². The van der Waals surface area contributed by atoms with E-state index in [-0.39, 0.29) is 24.3 Å². The zero-order chi connectivity index (χ0) is 25.1. The van der Waals surface area contributed by atoms with Crippen LogP contribution >= 0.6 is 0 Å². The van der Waals surface area contributed by atoms with Gasteiger partial charge in [-0.15, -0.1) is 0 Å². The van der Waals surface area contributed by atoms with E-state index in [2.05, 4.69) is 50.5 Å². The Balaban J connectivity index is 1.76. The Morgan fingerprint density at radius 1 is 1.15 bits per heavy atom. The number of hydrogen-bond donors (Lipinski definition) is 3. The summed E-state index contributed by atoms with van der Waals surface area (Å²) in [6.07, 6.45) is 0.763. The number of carbonyl (C=O) groups is 1. The van der Waals surface area contributed by atoms with Crippen molar-refractivity contribution in [3.05, 3.63) is 64.7 Å². The number of aliphatic hydroxyl groups is 1. The predicted molar refractivity (Wildman–Crippen MR) is 129 cm³/mol. The molecule has 3 atom stereocenters. The van der Waals surface area contributed by atoms with Crippen molar-refractivity contribution in [2.45, 2.75) is 71.6 Å². The molecule has 0 bridgehead atoms. The number of amides is 1. The summed E-state index contributed by atoms with van der Waals surface area (Å²) in [6, 6.07) is 8.78. The largest absolute Gasteiger partial charge is 0.493 e. The molecule has 2 aromatic carbocycles. The first-order valence-corrected chi connectivity index (χ1v) is 11.8. The first-order valence-electron chi connectivity index (χ1n) is 11.8. The topological polar surface area (TPSA) is 70.6 Å². The maximum absolute atomic E-state index is 13.6. The number of fused-ring (bicyclic) bond motifs is 1. The molecule has 7 heteroatoms. The highest BCUT2D eigenvalue weighted by molar-refractivity contribution is 5.73. The fraction of sp³-hybridized carbons (Fsp3) is 0.519. The van der Waals surface area contributed by atoms with Gasteiger partial charge in [-0.1, -0.05) is 32.9 Å². The van der Waals surface area contributed by atoms with E-state index in [0.29, 0.717) is 18.6 Å². The second kappa shape index (κ2) is 10.4. The van der Waals surface area contributed by atoms with Gasteiger partial charge >= 0.3 is 0 Å². The van der Waals surface area contributed by atoms with Crippen LogP contribution in [0.4, 0.5) is 8.78 Å². The van der Waals surface area contributed by atoms with Crippen LogP contribution in [0.25, 0.3) is 0 Å². The Morgan fingerprint density at radius 3 is 2.44 bits per heavy atom. The lowest BCUT2D eigenvalue weighted by Gasteiger charge is -2.38. The number of aliphatic hydroxyl groups excluding tert-OH is 1. The molecule has 2 aromatic rings. The molecule has 0 fully saturated rings. The maximum Gasteiger partial charge on any atom is 0.217 e. The Hall–Kier alpha value is -2.51. The number of hydrogen-bond acceptors (Lipinski definition) is 4. The molecule has 186 valence electrons. The van der Waals surface area contributed by atoms with Gasteiger partial charge in [0.25, 0.3) is 0 Å². The van der Waals surface area contributed by atoms with Crippen LogP contribution in [0.3, 0.4) is 0 Å². The van der Waals surface area contributed by atoms with Gasteiger partial charge in [0.15, 0.2) is 0 Å². The van der Waals surface area contributed by atoms with Crippen LogP contribution < -0.4 is 15.4 Å². The highest BCUT2D eigenvalue weighted by Gasteiger charge is 2.35. The lowest BCUT2D eigenvalue weighted by Crippen LogP contribution is -2.52. The van der Waals surface area contributed by atoms with Gasteiger partial charge in [0.1, 0.15) is 17.4 Å². The first kappa shape index (κ1) is 26.1. The summed E-state index contributed by atoms with van der Waals surface area (Å²) in [7, 11) is 0. The number of halogens is 2. The van der Waals surface area contributed by atoms with Crippen molar-refractivity contribution in [2.75, 3.05) is 13.2 Å². The van der Waals surface area contributed by atoms with Crippen LogP contribution in [0.1, 0.15) is 57.7 Å². The predicted octanol–water partition coefficient (Wildman–Crippen LogP) is 4.25. The van der Waals surface area contributed by atoms with E-state index < -0.39 is 29.3 Å². The molecule has 1 aliphatic rings. The van der Waals surface area contributed by atoms with E-state index in [9.17, 15) is 18.7 Å². The zero-order valence-corrected chi connectivity index (χ0v) is 20.7. The average Bonchev–Trinajstić information content (AvgIpc) is 2.70. The van der Waals surface area contributed by atoms with E-state index >= 15 is 0 Å². The molecule has 1 aliphatic heterocycles. The Bertz CT molecular complexity index is 1000. The third kappa shape index (κ3) is 7.00. The zero-order valence-electron chi connectivity index (χ0n) is 20.7.